The number of carbonyl (C=O) groups excluding carboxylic acids is 1. The minimum Gasteiger partial charge on any atom is -0.453 e. The van der Waals surface area contributed by atoms with Gasteiger partial charge in [0.15, 0.2) is 5.76 Å². The summed E-state index contributed by atoms with van der Waals surface area (Å²) in [7, 11) is 0. The number of para-hydroxylation sites is 1. The molecule has 0 aliphatic rings. The summed E-state index contributed by atoms with van der Waals surface area (Å²) in [4.78, 5) is 12.5. The Labute approximate surface area is 119 Å². The molecule has 94 valence electrons. The summed E-state index contributed by atoms with van der Waals surface area (Å²) in [5.74, 6) is 0.289. The highest BCUT2D eigenvalue weighted by Crippen LogP contribution is 2.25. The Morgan fingerprint density at radius 3 is 2.68 bits per heavy atom. The largest absolute Gasteiger partial charge is 0.453 e. The Morgan fingerprint density at radius 2 is 1.89 bits per heavy atom. The first kappa shape index (κ1) is 12.2. The summed E-state index contributed by atoms with van der Waals surface area (Å²) in [5, 5.41) is 0.943. The lowest BCUT2D eigenvalue weighted by Crippen LogP contribution is -2.02. The number of carbonyl (C=O) groups is 1. The molecule has 0 bridgehead atoms. The average molecular weight is 315 g/mol. The second kappa shape index (κ2) is 4.67. The van der Waals surface area contributed by atoms with Gasteiger partial charge >= 0.3 is 0 Å². The Hall–Kier alpha value is -1.87. The Kier molecular flexibility index (Phi) is 2.99. The molecule has 0 atom stereocenters. The quantitative estimate of drug-likeness (QED) is 0.640. The number of fused-ring (bicyclic) bond motifs is 1. The van der Waals surface area contributed by atoms with E-state index in [1.807, 2.05) is 49.4 Å². The van der Waals surface area contributed by atoms with Gasteiger partial charge in [-0.3, -0.25) is 4.79 Å². The smallest absolute Gasteiger partial charge is 0.228 e. The number of furan rings is 1. The lowest BCUT2D eigenvalue weighted by molar-refractivity contribution is 0.101. The number of ketones is 1. The number of hydrogen-bond acceptors (Lipinski definition) is 2. The van der Waals surface area contributed by atoms with E-state index in [4.69, 9.17) is 4.42 Å². The van der Waals surface area contributed by atoms with Gasteiger partial charge in [0.2, 0.25) is 5.78 Å². The van der Waals surface area contributed by atoms with Gasteiger partial charge in [0, 0.05) is 15.4 Å². The van der Waals surface area contributed by atoms with Gasteiger partial charge < -0.3 is 4.42 Å². The lowest BCUT2D eigenvalue weighted by atomic mass is 10.0. The monoisotopic (exact) mass is 314 g/mol. The predicted octanol–water partition coefficient (Wildman–Crippen LogP) is 4.73. The fraction of sp³-hybridized carbons (Fsp3) is 0.0625. The molecule has 0 fully saturated rings. The molecular formula is C16H11BrO2. The van der Waals surface area contributed by atoms with Gasteiger partial charge in [-0.2, -0.15) is 0 Å². The van der Waals surface area contributed by atoms with Crippen LogP contribution in [0.15, 0.2) is 57.4 Å². The molecule has 2 aromatic carbocycles. The zero-order valence-electron chi connectivity index (χ0n) is 10.3. The third kappa shape index (κ3) is 2.10. The molecule has 0 N–H and O–H groups in total. The molecule has 0 aliphatic carbocycles. The van der Waals surface area contributed by atoms with Crippen molar-refractivity contribution in [3.63, 3.8) is 0 Å². The molecule has 3 aromatic rings. The summed E-state index contributed by atoms with van der Waals surface area (Å²) in [5.41, 5.74) is 2.32. The van der Waals surface area contributed by atoms with Crippen LogP contribution in [0.5, 0.6) is 0 Å². The van der Waals surface area contributed by atoms with E-state index in [0.29, 0.717) is 11.3 Å². The molecule has 3 rings (SSSR count). The van der Waals surface area contributed by atoms with Crippen LogP contribution in [0.3, 0.4) is 0 Å². The van der Waals surface area contributed by atoms with Crippen molar-refractivity contribution in [2.75, 3.05) is 0 Å². The third-order valence-electron chi connectivity index (χ3n) is 3.16. The molecule has 0 amide bonds. The molecule has 1 aromatic heterocycles. The van der Waals surface area contributed by atoms with Gasteiger partial charge in [-0.1, -0.05) is 46.3 Å². The van der Waals surface area contributed by atoms with Crippen LogP contribution in [0.4, 0.5) is 0 Å². The van der Waals surface area contributed by atoms with E-state index in [9.17, 15) is 4.79 Å². The van der Waals surface area contributed by atoms with Gasteiger partial charge in [0.25, 0.3) is 0 Å². The van der Waals surface area contributed by atoms with E-state index in [2.05, 4.69) is 15.9 Å². The van der Waals surface area contributed by atoms with Crippen molar-refractivity contribution in [1.82, 2.24) is 0 Å². The van der Waals surface area contributed by atoms with Crippen molar-refractivity contribution in [2.24, 2.45) is 0 Å². The van der Waals surface area contributed by atoms with E-state index in [-0.39, 0.29) is 5.78 Å². The summed E-state index contributed by atoms with van der Waals surface area (Å²) < 4.78 is 6.54. The third-order valence-corrected chi connectivity index (χ3v) is 4.02. The van der Waals surface area contributed by atoms with Crippen molar-refractivity contribution in [1.29, 1.82) is 0 Å². The maximum absolute atomic E-state index is 12.5. The molecule has 0 saturated carbocycles. The fourth-order valence-electron chi connectivity index (χ4n) is 2.08. The number of hydrogen-bond donors (Lipinski definition) is 0. The maximum Gasteiger partial charge on any atom is 0.228 e. The number of halogens is 1. The molecule has 0 saturated heterocycles. The first-order chi connectivity index (χ1) is 9.16. The Bertz CT molecular complexity index is 738. The van der Waals surface area contributed by atoms with Crippen LogP contribution in [0.1, 0.15) is 21.7 Å². The topological polar surface area (TPSA) is 30.2 Å². The number of rotatable bonds is 2. The van der Waals surface area contributed by atoms with Crippen molar-refractivity contribution in [3.05, 3.63) is 69.9 Å². The van der Waals surface area contributed by atoms with E-state index < -0.39 is 0 Å². The molecule has 0 unspecified atom stereocenters. The van der Waals surface area contributed by atoms with Crippen LogP contribution < -0.4 is 0 Å². The van der Waals surface area contributed by atoms with Crippen molar-refractivity contribution < 1.29 is 9.21 Å². The summed E-state index contributed by atoms with van der Waals surface area (Å²) >= 11 is 3.44. The van der Waals surface area contributed by atoms with Crippen molar-refractivity contribution in [3.8, 4) is 0 Å². The minimum absolute atomic E-state index is 0.0880. The van der Waals surface area contributed by atoms with Gasteiger partial charge in [0.05, 0.1) is 0 Å². The van der Waals surface area contributed by atoms with Crippen molar-refractivity contribution >= 4 is 32.7 Å². The minimum atomic E-state index is -0.0880. The van der Waals surface area contributed by atoms with Crippen LogP contribution >= 0.6 is 15.9 Å². The highest BCUT2D eigenvalue weighted by molar-refractivity contribution is 9.10. The van der Waals surface area contributed by atoms with Crippen molar-refractivity contribution in [2.45, 2.75) is 6.92 Å². The summed E-state index contributed by atoms with van der Waals surface area (Å²) in [6, 6.07) is 15.0. The van der Waals surface area contributed by atoms with E-state index >= 15 is 0 Å². The maximum atomic E-state index is 12.5. The van der Waals surface area contributed by atoms with Crippen LogP contribution in [0, 0.1) is 6.92 Å². The molecule has 3 heteroatoms. The Morgan fingerprint density at radius 1 is 1.11 bits per heavy atom. The molecule has 0 aliphatic heterocycles. The van der Waals surface area contributed by atoms with Crippen LogP contribution in [-0.2, 0) is 0 Å². The summed E-state index contributed by atoms with van der Waals surface area (Å²) in [6.07, 6.45) is 0. The first-order valence-corrected chi connectivity index (χ1v) is 6.74. The molecule has 0 radical (unpaired) electrons. The molecule has 1 heterocycles. The fourth-order valence-corrected chi connectivity index (χ4v) is 2.45. The SMILES string of the molecule is Cc1c(Br)cccc1C(=O)c1cc2ccccc2o1. The number of benzene rings is 2. The first-order valence-electron chi connectivity index (χ1n) is 5.95. The highest BCUT2D eigenvalue weighted by atomic mass is 79.9. The molecular weight excluding hydrogens is 304 g/mol. The predicted molar refractivity (Wildman–Crippen MR) is 78.5 cm³/mol. The molecule has 0 spiro atoms. The summed E-state index contributed by atoms with van der Waals surface area (Å²) in [6.45, 7) is 1.92. The van der Waals surface area contributed by atoms with Crippen LogP contribution in [0.25, 0.3) is 11.0 Å². The van der Waals surface area contributed by atoms with Crippen LogP contribution in [0.2, 0.25) is 0 Å². The van der Waals surface area contributed by atoms with E-state index in [0.717, 1.165) is 21.0 Å². The van der Waals surface area contributed by atoms with Gasteiger partial charge in [-0.25, -0.2) is 0 Å². The van der Waals surface area contributed by atoms with Gasteiger partial charge in [-0.05, 0) is 30.7 Å². The standard InChI is InChI=1S/C16H11BrO2/c1-10-12(6-4-7-13(10)17)16(18)15-9-11-5-2-3-8-14(11)19-15/h2-9H,1H3. The van der Waals surface area contributed by atoms with Crippen LogP contribution in [-0.4, -0.2) is 5.78 Å². The van der Waals surface area contributed by atoms with E-state index in [1.54, 1.807) is 6.07 Å². The zero-order valence-corrected chi connectivity index (χ0v) is 11.9. The normalized spacial score (nSPS) is 10.8. The average Bonchev–Trinajstić information content (AvgIpc) is 2.85. The zero-order chi connectivity index (χ0) is 13.4. The Balaban J connectivity index is 2.11. The van der Waals surface area contributed by atoms with E-state index in [1.165, 1.54) is 0 Å². The van der Waals surface area contributed by atoms with Gasteiger partial charge in [0.1, 0.15) is 5.58 Å². The highest BCUT2D eigenvalue weighted by Gasteiger charge is 2.17. The second-order valence-corrected chi connectivity index (χ2v) is 5.24. The molecule has 19 heavy (non-hydrogen) atoms. The second-order valence-electron chi connectivity index (χ2n) is 4.39. The van der Waals surface area contributed by atoms with Gasteiger partial charge in [-0.15, -0.1) is 0 Å². The lowest BCUT2D eigenvalue weighted by Gasteiger charge is -2.04. The molecule has 2 nitrogen and oxygen atoms in total.